The third-order valence-corrected chi connectivity index (χ3v) is 2.64. The number of carbonyl (C=O) groups excluding carboxylic acids is 1. The van der Waals surface area contributed by atoms with E-state index in [2.05, 4.69) is 0 Å². The fourth-order valence-electron chi connectivity index (χ4n) is 1.62. The van der Waals surface area contributed by atoms with Gasteiger partial charge in [0.15, 0.2) is 6.29 Å². The fraction of sp³-hybridized carbons (Fsp3) is 0.462. The van der Waals surface area contributed by atoms with Gasteiger partial charge in [0, 0.05) is 18.7 Å². The van der Waals surface area contributed by atoms with Crippen molar-refractivity contribution in [3.05, 3.63) is 33.9 Å². The number of nitro benzene ring substituents is 1. The maximum absolute atomic E-state index is 10.8. The molecule has 0 amide bonds. The maximum atomic E-state index is 10.8. The van der Waals surface area contributed by atoms with E-state index in [-0.39, 0.29) is 17.9 Å². The summed E-state index contributed by atoms with van der Waals surface area (Å²) in [5.41, 5.74) is 0.0574. The predicted molar refractivity (Wildman–Crippen MR) is 69.5 cm³/mol. The Labute approximate surface area is 111 Å². The molecule has 6 nitrogen and oxygen atoms in total. The van der Waals surface area contributed by atoms with Crippen LogP contribution < -0.4 is 4.74 Å². The number of aliphatic hydroxyl groups is 1. The molecule has 0 aliphatic rings. The van der Waals surface area contributed by atoms with Crippen LogP contribution in [0.3, 0.4) is 0 Å². The molecule has 0 atom stereocenters. The molecule has 19 heavy (non-hydrogen) atoms. The Balaban J connectivity index is 2.49. The number of hydrogen-bond donors (Lipinski definition) is 1. The lowest BCUT2D eigenvalue weighted by Crippen LogP contribution is -2.01. The molecular weight excluding hydrogens is 250 g/mol. The molecule has 1 aromatic carbocycles. The molecule has 1 aromatic rings. The third-order valence-electron chi connectivity index (χ3n) is 2.64. The molecule has 0 bridgehead atoms. The molecule has 0 fully saturated rings. The van der Waals surface area contributed by atoms with Gasteiger partial charge in [0.25, 0.3) is 5.69 Å². The highest BCUT2D eigenvalue weighted by molar-refractivity contribution is 5.80. The average Bonchev–Trinajstić information content (AvgIpc) is 2.42. The van der Waals surface area contributed by atoms with Gasteiger partial charge in [-0.3, -0.25) is 14.9 Å². The largest absolute Gasteiger partial charge is 0.493 e. The monoisotopic (exact) mass is 267 g/mol. The zero-order chi connectivity index (χ0) is 14.1. The summed E-state index contributed by atoms with van der Waals surface area (Å²) >= 11 is 0. The normalized spacial score (nSPS) is 10.2. The third kappa shape index (κ3) is 5.05. The molecule has 0 aromatic heterocycles. The highest BCUT2D eigenvalue weighted by Crippen LogP contribution is 2.23. The van der Waals surface area contributed by atoms with Crippen LogP contribution in [-0.4, -0.2) is 29.5 Å². The Morgan fingerprint density at radius 3 is 2.63 bits per heavy atom. The van der Waals surface area contributed by atoms with Crippen LogP contribution in [0.1, 0.15) is 36.0 Å². The van der Waals surface area contributed by atoms with Crippen LogP contribution in [0.5, 0.6) is 5.75 Å². The molecular formula is C13H17NO5. The van der Waals surface area contributed by atoms with Gasteiger partial charge in [-0.1, -0.05) is 6.42 Å². The second kappa shape index (κ2) is 8.20. The van der Waals surface area contributed by atoms with E-state index in [9.17, 15) is 14.9 Å². The average molecular weight is 267 g/mol. The molecule has 1 N–H and O–H groups in total. The van der Waals surface area contributed by atoms with Crippen LogP contribution in [-0.2, 0) is 0 Å². The first-order valence-electron chi connectivity index (χ1n) is 6.16. The van der Waals surface area contributed by atoms with Crippen LogP contribution in [0.25, 0.3) is 0 Å². The van der Waals surface area contributed by atoms with E-state index in [1.165, 1.54) is 18.2 Å². The van der Waals surface area contributed by atoms with Crippen molar-refractivity contribution in [1.82, 2.24) is 0 Å². The minimum absolute atomic E-state index is 0.127. The smallest absolute Gasteiger partial charge is 0.270 e. The standard InChI is InChI=1S/C13H17NO5/c15-7-3-1-2-4-8-19-13-6-5-12(14(17)18)9-11(13)10-16/h5-6,9-10,15H,1-4,7-8H2. The first kappa shape index (κ1) is 15.1. The highest BCUT2D eigenvalue weighted by atomic mass is 16.6. The lowest BCUT2D eigenvalue weighted by Gasteiger charge is -2.08. The van der Waals surface area contributed by atoms with E-state index >= 15 is 0 Å². The molecule has 0 saturated carbocycles. The summed E-state index contributed by atoms with van der Waals surface area (Å²) in [4.78, 5) is 20.9. The predicted octanol–water partition coefficient (Wildman–Crippen LogP) is 2.34. The Morgan fingerprint density at radius 1 is 1.26 bits per heavy atom. The quantitative estimate of drug-likeness (QED) is 0.321. The summed E-state index contributed by atoms with van der Waals surface area (Å²) in [6.45, 7) is 0.641. The lowest BCUT2D eigenvalue weighted by atomic mass is 10.2. The number of rotatable bonds is 9. The SMILES string of the molecule is O=Cc1cc([N+](=O)[O-])ccc1OCCCCCCO. The van der Waals surface area contributed by atoms with Gasteiger partial charge < -0.3 is 9.84 Å². The number of nitrogens with zero attached hydrogens (tertiary/aromatic N) is 1. The number of ether oxygens (including phenoxy) is 1. The van der Waals surface area contributed by atoms with E-state index in [0.29, 0.717) is 18.6 Å². The summed E-state index contributed by atoms with van der Waals surface area (Å²) < 4.78 is 5.43. The molecule has 0 radical (unpaired) electrons. The fourth-order valence-corrected chi connectivity index (χ4v) is 1.62. The van der Waals surface area contributed by atoms with E-state index in [0.717, 1.165) is 25.7 Å². The van der Waals surface area contributed by atoms with Gasteiger partial charge in [-0.25, -0.2) is 0 Å². The van der Waals surface area contributed by atoms with Gasteiger partial charge >= 0.3 is 0 Å². The Morgan fingerprint density at radius 2 is 2.00 bits per heavy atom. The number of hydrogen-bond acceptors (Lipinski definition) is 5. The van der Waals surface area contributed by atoms with Crippen molar-refractivity contribution >= 4 is 12.0 Å². The molecule has 0 saturated heterocycles. The van der Waals surface area contributed by atoms with Crippen molar-refractivity contribution in [2.45, 2.75) is 25.7 Å². The van der Waals surface area contributed by atoms with E-state index in [1.807, 2.05) is 0 Å². The minimum Gasteiger partial charge on any atom is -0.493 e. The first-order chi connectivity index (χ1) is 9.19. The number of aliphatic hydroxyl groups excluding tert-OH is 1. The number of nitro groups is 1. The minimum atomic E-state index is -0.550. The Kier molecular flexibility index (Phi) is 6.52. The Bertz CT molecular complexity index is 433. The van der Waals surface area contributed by atoms with E-state index in [1.54, 1.807) is 0 Å². The summed E-state index contributed by atoms with van der Waals surface area (Å²) in [5.74, 6) is 0.364. The van der Waals surface area contributed by atoms with Crippen LogP contribution >= 0.6 is 0 Å². The van der Waals surface area contributed by atoms with Gasteiger partial charge in [0.1, 0.15) is 5.75 Å². The van der Waals surface area contributed by atoms with E-state index in [4.69, 9.17) is 9.84 Å². The molecule has 0 spiro atoms. The van der Waals surface area contributed by atoms with Crippen LogP contribution in [0.4, 0.5) is 5.69 Å². The van der Waals surface area contributed by atoms with Gasteiger partial charge in [0.05, 0.1) is 17.1 Å². The molecule has 104 valence electrons. The molecule has 6 heteroatoms. The van der Waals surface area contributed by atoms with Crippen molar-refractivity contribution in [2.24, 2.45) is 0 Å². The zero-order valence-electron chi connectivity index (χ0n) is 10.6. The number of non-ortho nitro benzene ring substituents is 1. The number of benzene rings is 1. The van der Waals surface area contributed by atoms with Gasteiger partial charge in [-0.2, -0.15) is 0 Å². The van der Waals surface area contributed by atoms with Gasteiger partial charge in [-0.05, 0) is 25.3 Å². The van der Waals surface area contributed by atoms with Gasteiger partial charge in [0.2, 0.25) is 0 Å². The second-order valence-electron chi connectivity index (χ2n) is 4.08. The van der Waals surface area contributed by atoms with Crippen LogP contribution in [0, 0.1) is 10.1 Å². The van der Waals surface area contributed by atoms with Crippen molar-refractivity contribution < 1.29 is 19.6 Å². The summed E-state index contributed by atoms with van der Waals surface area (Å²) in [6.07, 6.45) is 4.01. The van der Waals surface area contributed by atoms with Crippen molar-refractivity contribution in [2.75, 3.05) is 13.2 Å². The number of carbonyl (C=O) groups is 1. The molecule has 0 aliphatic heterocycles. The molecule has 0 heterocycles. The highest BCUT2D eigenvalue weighted by Gasteiger charge is 2.10. The molecule has 0 aliphatic carbocycles. The first-order valence-corrected chi connectivity index (χ1v) is 6.16. The van der Waals surface area contributed by atoms with Crippen molar-refractivity contribution in [3.8, 4) is 5.75 Å². The topological polar surface area (TPSA) is 89.7 Å². The Hall–Kier alpha value is -1.95. The van der Waals surface area contributed by atoms with Gasteiger partial charge in [-0.15, -0.1) is 0 Å². The maximum Gasteiger partial charge on any atom is 0.270 e. The molecule has 0 unspecified atom stereocenters. The number of unbranched alkanes of at least 4 members (excludes halogenated alkanes) is 3. The van der Waals surface area contributed by atoms with Crippen LogP contribution in [0.2, 0.25) is 0 Å². The number of aldehydes is 1. The van der Waals surface area contributed by atoms with Crippen LogP contribution in [0.15, 0.2) is 18.2 Å². The lowest BCUT2D eigenvalue weighted by molar-refractivity contribution is -0.384. The second-order valence-corrected chi connectivity index (χ2v) is 4.08. The summed E-state index contributed by atoms with van der Waals surface area (Å²) in [5, 5.41) is 19.2. The van der Waals surface area contributed by atoms with Crippen molar-refractivity contribution in [1.29, 1.82) is 0 Å². The molecule has 1 rings (SSSR count). The summed E-state index contributed by atoms with van der Waals surface area (Å²) in [6, 6.07) is 3.96. The summed E-state index contributed by atoms with van der Waals surface area (Å²) in [7, 11) is 0. The zero-order valence-corrected chi connectivity index (χ0v) is 10.6. The van der Waals surface area contributed by atoms with E-state index < -0.39 is 4.92 Å². The van der Waals surface area contributed by atoms with Crippen molar-refractivity contribution in [3.63, 3.8) is 0 Å².